The summed E-state index contributed by atoms with van der Waals surface area (Å²) in [6.07, 6.45) is -5.26. The Bertz CT molecular complexity index is 525. The number of esters is 1. The van der Waals surface area contributed by atoms with Crippen molar-refractivity contribution < 1.29 is 44.5 Å². The molecule has 5 atom stereocenters. The first-order valence-electron chi connectivity index (χ1n) is 7.58. The highest BCUT2D eigenvalue weighted by Crippen LogP contribution is 2.29. The van der Waals surface area contributed by atoms with E-state index in [4.69, 9.17) is 14.2 Å². The van der Waals surface area contributed by atoms with E-state index in [2.05, 4.69) is 0 Å². The third-order valence-electron chi connectivity index (χ3n) is 4.01. The number of carbonyl (C=O) groups is 1. The predicted molar refractivity (Wildman–Crippen MR) is 78.3 cm³/mol. The standard InChI is InChI=1S/C15H22O9/c1-2-9(7-3-4-22-14(21)8(7)5-16)23-15-13(20)12(19)11(18)10(6-17)24-15/h2,10-13,15-20H,3-6H2,1H3/b9-2+/t10-,11-,12+,13-,15-/m1/s1. The van der Waals surface area contributed by atoms with Gasteiger partial charge in [-0.1, -0.05) is 0 Å². The third-order valence-corrected chi connectivity index (χ3v) is 4.01. The lowest BCUT2D eigenvalue weighted by Crippen LogP contribution is -2.59. The highest BCUT2D eigenvalue weighted by molar-refractivity contribution is 5.91. The fourth-order valence-corrected chi connectivity index (χ4v) is 2.64. The van der Waals surface area contributed by atoms with E-state index in [0.717, 1.165) is 0 Å². The summed E-state index contributed by atoms with van der Waals surface area (Å²) >= 11 is 0. The van der Waals surface area contributed by atoms with Crippen LogP contribution < -0.4 is 0 Å². The number of ether oxygens (including phenoxy) is 3. The summed E-state index contributed by atoms with van der Waals surface area (Å²) in [5.41, 5.74) is 0.451. The van der Waals surface area contributed by atoms with E-state index in [-0.39, 0.29) is 17.9 Å². The van der Waals surface area contributed by atoms with Crippen molar-refractivity contribution in [3.63, 3.8) is 0 Å². The van der Waals surface area contributed by atoms with Gasteiger partial charge in [-0.25, -0.2) is 4.79 Å². The van der Waals surface area contributed by atoms with Crippen LogP contribution in [0, 0.1) is 0 Å². The molecule has 2 aliphatic rings. The van der Waals surface area contributed by atoms with Gasteiger partial charge in [-0.05, 0) is 13.0 Å². The van der Waals surface area contributed by atoms with Gasteiger partial charge >= 0.3 is 5.97 Å². The van der Waals surface area contributed by atoms with Gasteiger partial charge in [0.2, 0.25) is 6.29 Å². The Morgan fingerprint density at radius 2 is 1.96 bits per heavy atom. The van der Waals surface area contributed by atoms with Crippen molar-refractivity contribution in [3.05, 3.63) is 23.0 Å². The fraction of sp³-hybridized carbons (Fsp3) is 0.667. The molecule has 0 aliphatic carbocycles. The van der Waals surface area contributed by atoms with Gasteiger partial charge in [-0.2, -0.15) is 0 Å². The molecule has 0 unspecified atom stereocenters. The first-order valence-corrected chi connectivity index (χ1v) is 7.58. The van der Waals surface area contributed by atoms with E-state index in [1.807, 2.05) is 0 Å². The number of allylic oxidation sites excluding steroid dienone is 2. The van der Waals surface area contributed by atoms with Crippen LogP contribution in [0.4, 0.5) is 0 Å². The summed E-state index contributed by atoms with van der Waals surface area (Å²) in [7, 11) is 0. The lowest BCUT2D eigenvalue weighted by Gasteiger charge is -2.40. The van der Waals surface area contributed by atoms with Gasteiger partial charge in [-0.15, -0.1) is 0 Å². The van der Waals surface area contributed by atoms with Gasteiger partial charge in [0.25, 0.3) is 0 Å². The zero-order chi connectivity index (χ0) is 17.9. The van der Waals surface area contributed by atoms with E-state index in [1.54, 1.807) is 6.92 Å². The monoisotopic (exact) mass is 346 g/mol. The Morgan fingerprint density at radius 3 is 2.54 bits per heavy atom. The summed E-state index contributed by atoms with van der Waals surface area (Å²) in [6.45, 7) is 0.630. The number of rotatable bonds is 5. The average Bonchev–Trinajstić information content (AvgIpc) is 2.59. The Morgan fingerprint density at radius 1 is 1.25 bits per heavy atom. The van der Waals surface area contributed by atoms with Gasteiger partial charge in [0.05, 0.1) is 25.4 Å². The summed E-state index contributed by atoms with van der Waals surface area (Å²) in [5, 5.41) is 48.1. The SMILES string of the molecule is C/C=C(/O[C@@H]1O[C@H](CO)[C@@H](O)[C@H](O)[C@H]1O)C1=C(CO)C(=O)OCC1. The van der Waals surface area contributed by atoms with Crippen LogP contribution in [0.1, 0.15) is 13.3 Å². The summed E-state index contributed by atoms with van der Waals surface area (Å²) < 4.78 is 15.7. The van der Waals surface area contributed by atoms with Crippen molar-refractivity contribution in [2.24, 2.45) is 0 Å². The van der Waals surface area contributed by atoms with Crippen LogP contribution in [0.2, 0.25) is 0 Å². The summed E-state index contributed by atoms with van der Waals surface area (Å²) in [6, 6.07) is 0. The van der Waals surface area contributed by atoms with E-state index < -0.39 is 49.9 Å². The molecule has 9 heteroatoms. The second-order valence-corrected chi connectivity index (χ2v) is 5.47. The smallest absolute Gasteiger partial charge is 0.336 e. The van der Waals surface area contributed by atoms with Crippen LogP contribution in [-0.2, 0) is 19.0 Å². The largest absolute Gasteiger partial charge is 0.462 e. The molecule has 2 aliphatic heterocycles. The molecule has 2 rings (SSSR count). The number of aliphatic hydroxyl groups excluding tert-OH is 5. The topological polar surface area (TPSA) is 146 Å². The van der Waals surface area contributed by atoms with E-state index in [1.165, 1.54) is 6.08 Å². The second-order valence-electron chi connectivity index (χ2n) is 5.47. The quantitative estimate of drug-likeness (QED) is 0.280. The molecule has 0 amide bonds. The van der Waals surface area contributed by atoms with Crippen molar-refractivity contribution in [2.75, 3.05) is 19.8 Å². The minimum Gasteiger partial charge on any atom is -0.462 e. The number of hydrogen-bond acceptors (Lipinski definition) is 9. The second kappa shape index (κ2) is 8.06. The van der Waals surface area contributed by atoms with Crippen LogP contribution in [0.15, 0.2) is 23.0 Å². The van der Waals surface area contributed by atoms with Gasteiger partial charge in [0.1, 0.15) is 30.2 Å². The summed E-state index contributed by atoms with van der Waals surface area (Å²) in [5.74, 6) is -0.476. The van der Waals surface area contributed by atoms with Crippen LogP contribution in [0.3, 0.4) is 0 Å². The molecule has 5 N–H and O–H groups in total. The first kappa shape index (κ1) is 18.8. The average molecular weight is 346 g/mol. The van der Waals surface area contributed by atoms with Gasteiger partial charge < -0.3 is 39.7 Å². The fourth-order valence-electron chi connectivity index (χ4n) is 2.64. The number of carbonyl (C=O) groups excluding carboxylic acids is 1. The molecule has 0 aromatic rings. The summed E-state index contributed by atoms with van der Waals surface area (Å²) in [4.78, 5) is 11.7. The van der Waals surface area contributed by atoms with Crippen LogP contribution in [0.5, 0.6) is 0 Å². The lowest BCUT2D eigenvalue weighted by atomic mass is 9.98. The molecule has 0 bridgehead atoms. The number of hydrogen-bond donors (Lipinski definition) is 5. The van der Waals surface area contributed by atoms with Gasteiger partial charge in [0.15, 0.2) is 0 Å². The highest BCUT2D eigenvalue weighted by Gasteiger charge is 2.45. The molecule has 0 aromatic carbocycles. The molecule has 0 aromatic heterocycles. The van der Waals surface area contributed by atoms with Crippen LogP contribution >= 0.6 is 0 Å². The Labute approximate surface area is 138 Å². The van der Waals surface area contributed by atoms with E-state index >= 15 is 0 Å². The lowest BCUT2D eigenvalue weighted by molar-refractivity contribution is -0.290. The maximum Gasteiger partial charge on any atom is 0.336 e. The van der Waals surface area contributed by atoms with Crippen molar-refractivity contribution in [2.45, 2.75) is 44.1 Å². The molecule has 2 heterocycles. The first-order chi connectivity index (χ1) is 11.4. The van der Waals surface area contributed by atoms with Gasteiger partial charge in [-0.3, -0.25) is 0 Å². The van der Waals surface area contributed by atoms with Crippen LogP contribution in [0.25, 0.3) is 0 Å². The Hall–Kier alpha value is -1.49. The van der Waals surface area contributed by atoms with Crippen molar-refractivity contribution in [1.29, 1.82) is 0 Å². The minimum absolute atomic E-state index is 0.0407. The predicted octanol–water partition coefficient (Wildman–Crippen LogP) is -2.06. The number of aliphatic hydroxyl groups is 5. The van der Waals surface area contributed by atoms with Crippen molar-refractivity contribution >= 4 is 5.97 Å². The Balaban J connectivity index is 2.22. The minimum atomic E-state index is -1.57. The molecule has 0 spiro atoms. The van der Waals surface area contributed by atoms with Gasteiger partial charge in [0, 0.05) is 12.0 Å². The van der Waals surface area contributed by atoms with E-state index in [9.17, 15) is 30.3 Å². The molecule has 136 valence electrons. The maximum absolute atomic E-state index is 11.7. The Kier molecular flexibility index (Phi) is 6.33. The molecular weight excluding hydrogens is 324 g/mol. The van der Waals surface area contributed by atoms with Crippen molar-refractivity contribution in [3.8, 4) is 0 Å². The molecule has 24 heavy (non-hydrogen) atoms. The van der Waals surface area contributed by atoms with E-state index in [0.29, 0.717) is 12.0 Å². The van der Waals surface area contributed by atoms with Crippen LogP contribution in [-0.4, -0.2) is 82.0 Å². The molecule has 0 radical (unpaired) electrons. The number of cyclic esters (lactones) is 1. The molecule has 1 saturated heterocycles. The zero-order valence-electron chi connectivity index (χ0n) is 13.2. The molecule has 1 fully saturated rings. The third kappa shape index (κ3) is 3.61. The molecule has 9 nitrogen and oxygen atoms in total. The maximum atomic E-state index is 11.7. The highest BCUT2D eigenvalue weighted by atomic mass is 16.7. The normalized spacial score (nSPS) is 35.0. The van der Waals surface area contributed by atoms with Crippen molar-refractivity contribution in [1.82, 2.24) is 0 Å². The zero-order valence-corrected chi connectivity index (χ0v) is 13.2. The molecular formula is C15H22O9. The molecule has 0 saturated carbocycles.